The molecule has 0 aromatic heterocycles. The number of anilines is 1. The molecule has 34 heavy (non-hydrogen) atoms. The molecule has 1 atom stereocenters. The molecule has 174 valence electrons. The van der Waals surface area contributed by atoms with Crippen LogP contribution in [0.4, 0.5) is 5.69 Å². The molecule has 2 heterocycles. The molecule has 1 amide bonds. The summed E-state index contributed by atoms with van der Waals surface area (Å²) in [6, 6.07) is 14.0. The number of esters is 2. The third-order valence-corrected chi connectivity index (χ3v) is 6.03. The molecule has 0 fully saturated rings. The maximum atomic E-state index is 13.6. The summed E-state index contributed by atoms with van der Waals surface area (Å²) in [7, 11) is 0. The molecular formula is C25H21BrN2O6. The molecule has 0 radical (unpaired) electrons. The van der Waals surface area contributed by atoms with Gasteiger partial charge in [-0.2, -0.15) is 0 Å². The molecule has 9 heteroatoms. The van der Waals surface area contributed by atoms with Gasteiger partial charge in [-0.3, -0.25) is 4.79 Å². The molecule has 2 aliphatic rings. The number of rotatable bonds is 6. The van der Waals surface area contributed by atoms with Gasteiger partial charge in [0.25, 0.3) is 0 Å². The Balaban J connectivity index is 1.88. The molecule has 2 aromatic rings. The van der Waals surface area contributed by atoms with Crippen molar-refractivity contribution >= 4 is 39.5 Å². The van der Waals surface area contributed by atoms with Crippen molar-refractivity contribution in [3.05, 3.63) is 99.6 Å². The van der Waals surface area contributed by atoms with E-state index in [1.807, 2.05) is 6.07 Å². The van der Waals surface area contributed by atoms with E-state index in [-0.39, 0.29) is 36.0 Å². The monoisotopic (exact) mass is 524 g/mol. The number of nitrogens with two attached hydrogens (primary N) is 1. The first kappa shape index (κ1) is 23.3. The van der Waals surface area contributed by atoms with Crippen LogP contribution in [0.2, 0.25) is 0 Å². The largest absolute Gasteiger partial charge is 0.458 e. The third kappa shape index (κ3) is 3.77. The minimum absolute atomic E-state index is 0.0362. The average Bonchev–Trinajstić information content (AvgIpc) is 3.08. The highest BCUT2D eigenvalue weighted by atomic mass is 79.9. The number of nitrogens with one attached hydrogen (secondary N) is 1. The highest BCUT2D eigenvalue weighted by Crippen LogP contribution is 2.53. The average molecular weight is 525 g/mol. The van der Waals surface area contributed by atoms with Gasteiger partial charge in [0.05, 0.1) is 0 Å². The minimum atomic E-state index is -1.93. The fourth-order valence-electron chi connectivity index (χ4n) is 4.16. The van der Waals surface area contributed by atoms with Crippen LogP contribution in [0.3, 0.4) is 0 Å². The van der Waals surface area contributed by atoms with Gasteiger partial charge in [-0.25, -0.2) is 9.59 Å². The molecule has 0 saturated heterocycles. The van der Waals surface area contributed by atoms with Gasteiger partial charge < -0.3 is 25.3 Å². The van der Waals surface area contributed by atoms with E-state index in [4.69, 9.17) is 19.9 Å². The fourth-order valence-corrected chi connectivity index (χ4v) is 4.53. The lowest BCUT2D eigenvalue weighted by Crippen LogP contribution is -2.48. The first-order valence-corrected chi connectivity index (χ1v) is 11.1. The van der Waals surface area contributed by atoms with E-state index in [0.717, 1.165) is 5.56 Å². The highest BCUT2D eigenvalue weighted by Gasteiger charge is 2.61. The van der Waals surface area contributed by atoms with Crippen molar-refractivity contribution in [1.82, 2.24) is 0 Å². The first-order chi connectivity index (χ1) is 16.3. The van der Waals surface area contributed by atoms with Gasteiger partial charge in [-0.15, -0.1) is 0 Å². The summed E-state index contributed by atoms with van der Waals surface area (Å²) in [5, 5.41) is 2.75. The van der Waals surface area contributed by atoms with E-state index in [2.05, 4.69) is 27.8 Å². The van der Waals surface area contributed by atoms with Crippen LogP contribution in [-0.4, -0.2) is 24.5 Å². The summed E-state index contributed by atoms with van der Waals surface area (Å²) >= 11 is 3.40. The highest BCUT2D eigenvalue weighted by molar-refractivity contribution is 9.10. The lowest BCUT2D eigenvalue weighted by Gasteiger charge is -2.35. The zero-order valence-electron chi connectivity index (χ0n) is 18.2. The van der Waals surface area contributed by atoms with Gasteiger partial charge in [0, 0.05) is 15.7 Å². The number of allylic oxidation sites excluding steroid dienone is 1. The number of ether oxygens (including phenoxy) is 3. The second-order valence-corrected chi connectivity index (χ2v) is 8.53. The van der Waals surface area contributed by atoms with E-state index in [0.29, 0.717) is 15.7 Å². The summed E-state index contributed by atoms with van der Waals surface area (Å²) in [6.45, 7) is 4.85. The molecule has 2 aliphatic heterocycles. The number of halogens is 1. The predicted molar refractivity (Wildman–Crippen MR) is 127 cm³/mol. The van der Waals surface area contributed by atoms with Gasteiger partial charge in [-0.05, 0) is 30.7 Å². The number of hydrogen-bond acceptors (Lipinski definition) is 7. The minimum Gasteiger partial charge on any atom is -0.458 e. The van der Waals surface area contributed by atoms with Crippen molar-refractivity contribution in [2.24, 2.45) is 5.73 Å². The number of carbonyl (C=O) groups is 3. The number of amides is 1. The Morgan fingerprint density at radius 3 is 2.56 bits per heavy atom. The second-order valence-electron chi connectivity index (χ2n) is 7.62. The Hall–Kier alpha value is -3.85. The Kier molecular flexibility index (Phi) is 6.30. The van der Waals surface area contributed by atoms with Crippen LogP contribution in [0, 0.1) is 0 Å². The Morgan fingerprint density at radius 1 is 1.15 bits per heavy atom. The van der Waals surface area contributed by atoms with Gasteiger partial charge in [0.1, 0.15) is 35.5 Å². The summed E-state index contributed by atoms with van der Waals surface area (Å²) < 4.78 is 17.0. The van der Waals surface area contributed by atoms with E-state index in [9.17, 15) is 14.4 Å². The van der Waals surface area contributed by atoms with Gasteiger partial charge in [0.15, 0.2) is 0 Å². The third-order valence-electron chi connectivity index (χ3n) is 5.54. The standard InChI is InChI=1S/C25H21BrN2O6/c1-3-11-32-22(29)19-14(2)34-21(27)20(23(30)33-13-15-7-5-4-6-8-15)25(19)17-12-16(26)9-10-18(17)28-24(25)31/h3-10,12H,1,11,13,27H2,2H3,(H,28,31). The number of fused-ring (bicyclic) bond motifs is 2. The molecule has 2 aromatic carbocycles. The van der Waals surface area contributed by atoms with Crippen LogP contribution in [0.25, 0.3) is 0 Å². The van der Waals surface area contributed by atoms with Crippen molar-refractivity contribution in [2.45, 2.75) is 18.9 Å². The molecule has 3 N–H and O–H groups in total. The van der Waals surface area contributed by atoms with Crippen molar-refractivity contribution < 1.29 is 28.6 Å². The lowest BCUT2D eigenvalue weighted by molar-refractivity contribution is -0.144. The lowest BCUT2D eigenvalue weighted by atomic mass is 9.67. The Morgan fingerprint density at radius 2 is 1.85 bits per heavy atom. The topological polar surface area (TPSA) is 117 Å². The summed E-state index contributed by atoms with van der Waals surface area (Å²) in [4.78, 5) is 40.3. The van der Waals surface area contributed by atoms with Crippen LogP contribution in [-0.2, 0) is 40.6 Å². The quantitative estimate of drug-likeness (QED) is 0.438. The molecular weight excluding hydrogens is 504 g/mol. The van der Waals surface area contributed by atoms with Crippen molar-refractivity contribution in [1.29, 1.82) is 0 Å². The predicted octanol–water partition coefficient (Wildman–Crippen LogP) is 3.59. The summed E-state index contributed by atoms with van der Waals surface area (Å²) in [5.41, 5.74) is 5.27. The van der Waals surface area contributed by atoms with Gasteiger partial charge in [-0.1, -0.05) is 58.9 Å². The maximum Gasteiger partial charge on any atom is 0.341 e. The van der Waals surface area contributed by atoms with Crippen LogP contribution < -0.4 is 11.1 Å². The van der Waals surface area contributed by atoms with E-state index < -0.39 is 23.3 Å². The van der Waals surface area contributed by atoms with Crippen LogP contribution in [0.5, 0.6) is 0 Å². The normalized spacial score (nSPS) is 18.8. The van der Waals surface area contributed by atoms with Crippen molar-refractivity contribution in [3.8, 4) is 0 Å². The van der Waals surface area contributed by atoms with Crippen molar-refractivity contribution in [2.75, 3.05) is 11.9 Å². The zero-order chi connectivity index (χ0) is 24.5. The smallest absolute Gasteiger partial charge is 0.341 e. The molecule has 0 aliphatic carbocycles. The van der Waals surface area contributed by atoms with Crippen LogP contribution in [0.15, 0.2) is 88.4 Å². The number of benzene rings is 2. The molecule has 1 unspecified atom stereocenters. The summed E-state index contributed by atoms with van der Waals surface area (Å²) in [5.74, 6) is -2.69. The van der Waals surface area contributed by atoms with Crippen LogP contribution >= 0.6 is 15.9 Å². The Labute approximate surface area is 204 Å². The molecule has 0 saturated carbocycles. The maximum absolute atomic E-state index is 13.6. The molecule has 8 nitrogen and oxygen atoms in total. The molecule has 0 bridgehead atoms. The molecule has 4 rings (SSSR count). The first-order valence-electron chi connectivity index (χ1n) is 10.3. The van der Waals surface area contributed by atoms with Crippen molar-refractivity contribution in [3.63, 3.8) is 0 Å². The summed E-state index contributed by atoms with van der Waals surface area (Å²) in [6.07, 6.45) is 1.39. The fraction of sp³-hybridized carbons (Fsp3) is 0.160. The number of hydrogen-bond donors (Lipinski definition) is 2. The number of carbonyl (C=O) groups excluding carboxylic acids is 3. The van der Waals surface area contributed by atoms with Crippen LogP contribution in [0.1, 0.15) is 18.1 Å². The van der Waals surface area contributed by atoms with E-state index >= 15 is 0 Å². The Bertz CT molecular complexity index is 1270. The second kappa shape index (κ2) is 9.18. The van der Waals surface area contributed by atoms with Gasteiger partial charge >= 0.3 is 11.9 Å². The molecule has 1 spiro atoms. The van der Waals surface area contributed by atoms with E-state index in [1.54, 1.807) is 42.5 Å². The zero-order valence-corrected chi connectivity index (χ0v) is 19.8. The van der Waals surface area contributed by atoms with E-state index in [1.165, 1.54) is 13.0 Å². The van der Waals surface area contributed by atoms with Gasteiger partial charge in [0.2, 0.25) is 11.8 Å². The SMILES string of the molecule is C=CCOC(=O)C1=C(C)OC(N)=C(C(=O)OCc2ccccc2)C12C(=O)Nc1ccc(Br)cc12.